The molecule has 2 rings (SSSR count). The van der Waals surface area contributed by atoms with Crippen LogP contribution in [-0.4, -0.2) is 23.7 Å². The van der Waals surface area contributed by atoms with Gasteiger partial charge in [-0.05, 0) is 37.0 Å². The van der Waals surface area contributed by atoms with E-state index in [0.29, 0.717) is 6.42 Å². The molecule has 0 radical (unpaired) electrons. The molecule has 0 spiro atoms. The first-order chi connectivity index (χ1) is 12.0. The smallest absolute Gasteiger partial charge is 0.303 e. The van der Waals surface area contributed by atoms with Crippen molar-refractivity contribution < 1.29 is 14.6 Å². The summed E-state index contributed by atoms with van der Waals surface area (Å²) in [5, 5.41) is 12.2. The molecule has 4 nitrogen and oxygen atoms in total. The van der Waals surface area contributed by atoms with Gasteiger partial charge in [-0.15, -0.1) is 0 Å². The molecular weight excluding hydrogens is 314 g/mol. The van der Waals surface area contributed by atoms with Gasteiger partial charge in [-0.3, -0.25) is 4.79 Å². The molecule has 1 atom stereocenters. The molecule has 2 N–H and O–H groups in total. The van der Waals surface area contributed by atoms with Gasteiger partial charge >= 0.3 is 5.97 Å². The van der Waals surface area contributed by atoms with Crippen LogP contribution in [0.1, 0.15) is 43.1 Å². The van der Waals surface area contributed by atoms with Gasteiger partial charge in [0.05, 0.1) is 12.2 Å². The Hall–Kier alpha value is -2.17. The largest absolute Gasteiger partial charge is 0.481 e. The number of ether oxygens (including phenoxy) is 1. The first-order valence-electron chi connectivity index (χ1n) is 8.75. The van der Waals surface area contributed by atoms with E-state index in [4.69, 9.17) is 9.84 Å². The van der Waals surface area contributed by atoms with E-state index in [1.165, 1.54) is 11.1 Å². The predicted octanol–water partition coefficient (Wildman–Crippen LogP) is 3.96. The van der Waals surface area contributed by atoms with Gasteiger partial charge in [0.25, 0.3) is 0 Å². The van der Waals surface area contributed by atoms with E-state index in [1.54, 1.807) is 0 Å². The van der Waals surface area contributed by atoms with E-state index in [-0.39, 0.29) is 18.6 Å². The predicted molar refractivity (Wildman–Crippen MR) is 99.5 cm³/mol. The molecule has 0 aliphatic carbocycles. The number of carboxylic acid groups (broad SMARTS) is 1. The van der Waals surface area contributed by atoms with Crippen LogP contribution >= 0.6 is 0 Å². The van der Waals surface area contributed by atoms with Crippen molar-refractivity contribution in [2.45, 2.75) is 45.4 Å². The van der Waals surface area contributed by atoms with E-state index in [1.807, 2.05) is 56.3 Å². The summed E-state index contributed by atoms with van der Waals surface area (Å²) in [5.74, 6) is -0.761. The highest BCUT2D eigenvalue weighted by molar-refractivity contribution is 5.67. The average Bonchev–Trinajstić information content (AvgIpc) is 2.60. The molecule has 1 unspecified atom stereocenters. The van der Waals surface area contributed by atoms with Crippen LogP contribution in [0.4, 0.5) is 0 Å². The van der Waals surface area contributed by atoms with Gasteiger partial charge in [0, 0.05) is 19.5 Å². The monoisotopic (exact) mass is 341 g/mol. The highest BCUT2D eigenvalue weighted by atomic mass is 16.5. The second-order valence-electron chi connectivity index (χ2n) is 6.43. The summed E-state index contributed by atoms with van der Waals surface area (Å²) in [6.07, 6.45) is 0.932. The van der Waals surface area contributed by atoms with Crippen molar-refractivity contribution in [3.8, 4) is 0 Å². The second-order valence-corrected chi connectivity index (χ2v) is 6.43. The fraction of sp³-hybridized carbons (Fsp3) is 0.381. The number of carboxylic acids is 1. The normalized spacial score (nSPS) is 12.3. The molecule has 25 heavy (non-hydrogen) atoms. The molecule has 4 heteroatoms. The van der Waals surface area contributed by atoms with Gasteiger partial charge in [-0.1, -0.05) is 54.6 Å². The summed E-state index contributed by atoms with van der Waals surface area (Å²) in [5.41, 5.74) is 3.40. The maximum absolute atomic E-state index is 10.6. The lowest BCUT2D eigenvalue weighted by Gasteiger charge is -2.21. The molecule has 0 amide bonds. The van der Waals surface area contributed by atoms with Gasteiger partial charge in [-0.25, -0.2) is 0 Å². The highest BCUT2D eigenvalue weighted by Crippen LogP contribution is 2.18. The van der Waals surface area contributed by atoms with E-state index in [9.17, 15) is 4.79 Å². The van der Waals surface area contributed by atoms with E-state index >= 15 is 0 Å². The number of nitrogens with one attached hydrogen (secondary N) is 1. The summed E-state index contributed by atoms with van der Waals surface area (Å²) >= 11 is 0. The minimum atomic E-state index is -0.761. The molecule has 0 saturated heterocycles. The van der Waals surface area contributed by atoms with Crippen LogP contribution in [0.15, 0.2) is 54.6 Å². The van der Waals surface area contributed by atoms with Gasteiger partial charge < -0.3 is 15.2 Å². The number of aliphatic carboxylic acids is 1. The Labute approximate surface area is 149 Å². The van der Waals surface area contributed by atoms with E-state index < -0.39 is 5.97 Å². The fourth-order valence-electron chi connectivity index (χ4n) is 2.66. The lowest BCUT2D eigenvalue weighted by atomic mass is 10.1. The van der Waals surface area contributed by atoms with E-state index in [0.717, 1.165) is 18.7 Å². The van der Waals surface area contributed by atoms with Gasteiger partial charge in [0.2, 0.25) is 0 Å². The van der Waals surface area contributed by atoms with Crippen LogP contribution in [0.2, 0.25) is 0 Å². The summed E-state index contributed by atoms with van der Waals surface area (Å²) in [4.78, 5) is 10.6. The summed E-state index contributed by atoms with van der Waals surface area (Å²) in [6, 6.07) is 18.3. The standard InChI is InChI=1S/C21H27NO3/c1-16(2)25-20(19-6-4-3-5-7-19)15-22-14-18-10-8-17(9-11-18)12-13-21(23)24/h3-11,16,20,22H,12-15H2,1-2H3,(H,23,24). The number of aryl methyl sites for hydroxylation is 1. The Bertz CT molecular complexity index is 638. The minimum absolute atomic E-state index is 0.0241. The van der Waals surface area contributed by atoms with Crippen LogP contribution in [0.5, 0.6) is 0 Å². The van der Waals surface area contributed by atoms with E-state index in [2.05, 4.69) is 17.4 Å². The zero-order chi connectivity index (χ0) is 18.1. The van der Waals surface area contributed by atoms with Crippen molar-refractivity contribution in [3.05, 3.63) is 71.3 Å². The van der Waals surface area contributed by atoms with Gasteiger partial charge in [0.1, 0.15) is 0 Å². The molecule has 0 fully saturated rings. The average molecular weight is 341 g/mol. The molecule has 2 aromatic rings. The molecule has 0 saturated carbocycles. The van der Waals surface area contributed by atoms with Gasteiger partial charge in [0.15, 0.2) is 0 Å². The molecule has 0 bridgehead atoms. The number of carbonyl (C=O) groups is 1. The van der Waals surface area contributed by atoms with Crippen molar-refractivity contribution in [2.75, 3.05) is 6.54 Å². The minimum Gasteiger partial charge on any atom is -0.481 e. The Morgan fingerprint density at radius 3 is 2.28 bits per heavy atom. The molecule has 0 aromatic heterocycles. The molecule has 134 valence electrons. The zero-order valence-corrected chi connectivity index (χ0v) is 14.9. The lowest BCUT2D eigenvalue weighted by molar-refractivity contribution is -0.136. The second kappa shape index (κ2) is 9.97. The summed E-state index contributed by atoms with van der Waals surface area (Å²) in [7, 11) is 0. The topological polar surface area (TPSA) is 58.6 Å². The molecule has 2 aromatic carbocycles. The van der Waals surface area contributed by atoms with Crippen LogP contribution in [0.3, 0.4) is 0 Å². The first kappa shape index (κ1) is 19.2. The Balaban J connectivity index is 1.85. The van der Waals surface area contributed by atoms with Crippen LogP contribution in [0.25, 0.3) is 0 Å². The summed E-state index contributed by atoms with van der Waals surface area (Å²) < 4.78 is 6.03. The van der Waals surface area contributed by atoms with Crippen molar-refractivity contribution in [1.29, 1.82) is 0 Å². The SMILES string of the molecule is CC(C)OC(CNCc1ccc(CCC(=O)O)cc1)c1ccccc1. The number of benzene rings is 2. The number of hydrogen-bond donors (Lipinski definition) is 2. The number of rotatable bonds is 10. The Morgan fingerprint density at radius 1 is 1.04 bits per heavy atom. The first-order valence-corrected chi connectivity index (χ1v) is 8.75. The van der Waals surface area contributed by atoms with Crippen molar-refractivity contribution in [2.24, 2.45) is 0 Å². The zero-order valence-electron chi connectivity index (χ0n) is 14.9. The van der Waals surface area contributed by atoms with Crippen LogP contribution < -0.4 is 5.32 Å². The fourth-order valence-corrected chi connectivity index (χ4v) is 2.66. The molecule has 0 heterocycles. The van der Waals surface area contributed by atoms with Crippen LogP contribution in [-0.2, 0) is 22.5 Å². The van der Waals surface area contributed by atoms with Crippen molar-refractivity contribution in [3.63, 3.8) is 0 Å². The van der Waals surface area contributed by atoms with Crippen molar-refractivity contribution in [1.82, 2.24) is 5.32 Å². The number of hydrogen-bond acceptors (Lipinski definition) is 3. The summed E-state index contributed by atoms with van der Waals surface area (Å²) in [6.45, 7) is 5.59. The third-order valence-corrected chi connectivity index (χ3v) is 3.92. The maximum atomic E-state index is 10.6. The molecular formula is C21H27NO3. The van der Waals surface area contributed by atoms with Crippen LogP contribution in [0, 0.1) is 0 Å². The third kappa shape index (κ3) is 7.08. The third-order valence-electron chi connectivity index (χ3n) is 3.92. The molecule has 0 aliphatic heterocycles. The Morgan fingerprint density at radius 2 is 1.68 bits per heavy atom. The highest BCUT2D eigenvalue weighted by Gasteiger charge is 2.13. The molecule has 0 aliphatic rings. The quantitative estimate of drug-likeness (QED) is 0.687. The maximum Gasteiger partial charge on any atom is 0.303 e. The van der Waals surface area contributed by atoms with Crippen molar-refractivity contribution >= 4 is 5.97 Å². The lowest BCUT2D eigenvalue weighted by Crippen LogP contribution is -2.25. The Kier molecular flexibility index (Phi) is 7.64. The van der Waals surface area contributed by atoms with Gasteiger partial charge in [-0.2, -0.15) is 0 Å².